The zero-order valence-electron chi connectivity index (χ0n) is 15.3. The first-order valence-corrected chi connectivity index (χ1v) is 9.05. The topological polar surface area (TPSA) is 20.3 Å². The van der Waals surface area contributed by atoms with Crippen LogP contribution in [0.1, 0.15) is 30.0 Å². The second kappa shape index (κ2) is 8.24. The van der Waals surface area contributed by atoms with Crippen LogP contribution in [0.3, 0.4) is 0 Å². The van der Waals surface area contributed by atoms with E-state index in [4.69, 9.17) is 0 Å². The normalized spacial score (nSPS) is 18.7. The van der Waals surface area contributed by atoms with E-state index in [2.05, 4.69) is 30.9 Å². The van der Waals surface area contributed by atoms with Gasteiger partial charge in [0, 0.05) is 24.2 Å². The number of aryl methyl sites for hydroxylation is 1. The Hall–Kier alpha value is -2.52. The largest absolute Gasteiger partial charge is 0.295 e. The van der Waals surface area contributed by atoms with Crippen molar-refractivity contribution in [2.45, 2.75) is 20.3 Å². The maximum Gasteiger partial charge on any atom is 0.187 e. The monoisotopic (exact) mass is 349 g/mol. The number of Topliss-reactive ketones (excluding diaryl/α,β-unsaturated/α-hetero) is 1. The summed E-state index contributed by atoms with van der Waals surface area (Å²) in [5.74, 6) is -0.183. The van der Waals surface area contributed by atoms with Crippen molar-refractivity contribution < 1.29 is 9.18 Å². The van der Waals surface area contributed by atoms with E-state index < -0.39 is 0 Å². The summed E-state index contributed by atoms with van der Waals surface area (Å²) in [6, 6.07) is 14.4. The van der Waals surface area contributed by atoms with Crippen molar-refractivity contribution in [3.63, 3.8) is 0 Å². The van der Waals surface area contributed by atoms with E-state index in [1.807, 2.05) is 24.3 Å². The number of carbonyl (C=O) groups is 1. The van der Waals surface area contributed by atoms with Gasteiger partial charge in [-0.1, -0.05) is 48.9 Å². The molecule has 0 N–H and O–H groups in total. The number of piperidine rings is 1. The second-order valence-electron chi connectivity index (χ2n) is 6.84. The molecule has 0 atom stereocenters. The van der Waals surface area contributed by atoms with Crippen LogP contribution in [0, 0.1) is 12.7 Å². The Labute approximate surface area is 154 Å². The lowest BCUT2D eigenvalue weighted by molar-refractivity contribution is -0.113. The van der Waals surface area contributed by atoms with Crippen LogP contribution < -0.4 is 0 Å². The Morgan fingerprint density at radius 3 is 1.92 bits per heavy atom. The number of carbonyl (C=O) groups excluding carboxylic acids is 1. The molecule has 3 heteroatoms. The highest BCUT2D eigenvalue weighted by atomic mass is 19.1. The summed E-state index contributed by atoms with van der Waals surface area (Å²) in [6.45, 7) is 6.44. The summed E-state index contributed by atoms with van der Waals surface area (Å²) in [4.78, 5) is 15.3. The third-order valence-electron chi connectivity index (χ3n) is 4.54. The molecule has 0 aromatic heterocycles. The molecule has 3 rings (SSSR count). The predicted octanol–water partition coefficient (Wildman–Crippen LogP) is 4.90. The second-order valence-corrected chi connectivity index (χ2v) is 6.84. The molecule has 26 heavy (non-hydrogen) atoms. The van der Waals surface area contributed by atoms with Crippen LogP contribution in [-0.4, -0.2) is 30.3 Å². The standard InChI is InChI=1S/C23H24FNO/c1-3-12-25-15-20(13-18-6-4-17(2)5-7-18)23(26)21(16-25)14-19-8-10-22(24)11-9-19/h4-11,13-14H,3,12,15-16H2,1-2H3/b20-13+,21-14+. The van der Waals surface area contributed by atoms with Gasteiger partial charge in [0.2, 0.25) is 0 Å². The van der Waals surface area contributed by atoms with Gasteiger partial charge in [-0.3, -0.25) is 9.69 Å². The van der Waals surface area contributed by atoms with Crippen LogP contribution in [0.2, 0.25) is 0 Å². The van der Waals surface area contributed by atoms with Crippen molar-refractivity contribution in [1.29, 1.82) is 0 Å². The molecule has 1 fully saturated rings. The van der Waals surface area contributed by atoms with Gasteiger partial charge in [0.05, 0.1) is 0 Å². The van der Waals surface area contributed by atoms with E-state index in [9.17, 15) is 9.18 Å². The molecule has 2 nitrogen and oxygen atoms in total. The lowest BCUT2D eigenvalue weighted by Gasteiger charge is -2.29. The quantitative estimate of drug-likeness (QED) is 0.732. The van der Waals surface area contributed by atoms with Crippen LogP contribution in [0.15, 0.2) is 59.7 Å². The lowest BCUT2D eigenvalue weighted by Crippen LogP contribution is -2.38. The van der Waals surface area contributed by atoms with Crippen LogP contribution in [0.4, 0.5) is 4.39 Å². The summed E-state index contributed by atoms with van der Waals surface area (Å²) in [5.41, 5.74) is 4.66. The maximum atomic E-state index is 13.1. The number of likely N-dealkylation sites (tertiary alicyclic amines) is 1. The van der Waals surface area contributed by atoms with Crippen LogP contribution in [0.25, 0.3) is 12.2 Å². The lowest BCUT2D eigenvalue weighted by atomic mass is 9.94. The van der Waals surface area contributed by atoms with E-state index >= 15 is 0 Å². The highest BCUT2D eigenvalue weighted by Crippen LogP contribution is 2.22. The van der Waals surface area contributed by atoms with E-state index in [-0.39, 0.29) is 11.6 Å². The maximum absolute atomic E-state index is 13.1. The van der Waals surface area contributed by atoms with Gasteiger partial charge < -0.3 is 0 Å². The number of rotatable bonds is 4. The number of hydrogen-bond acceptors (Lipinski definition) is 2. The molecule has 134 valence electrons. The highest BCUT2D eigenvalue weighted by Gasteiger charge is 2.25. The van der Waals surface area contributed by atoms with Crippen molar-refractivity contribution in [2.75, 3.05) is 19.6 Å². The smallest absolute Gasteiger partial charge is 0.187 e. The number of nitrogens with zero attached hydrogens (tertiary/aromatic N) is 1. The zero-order chi connectivity index (χ0) is 18.5. The zero-order valence-corrected chi connectivity index (χ0v) is 15.3. The summed E-state index contributed by atoms with van der Waals surface area (Å²) in [5, 5.41) is 0. The van der Waals surface area contributed by atoms with Crippen LogP contribution in [-0.2, 0) is 4.79 Å². The van der Waals surface area contributed by atoms with Gasteiger partial charge in [0.15, 0.2) is 5.78 Å². The van der Waals surface area contributed by atoms with Gasteiger partial charge in [0.1, 0.15) is 5.82 Å². The van der Waals surface area contributed by atoms with Gasteiger partial charge in [-0.05, 0) is 55.3 Å². The van der Waals surface area contributed by atoms with E-state index in [1.165, 1.54) is 17.7 Å². The molecule has 1 heterocycles. The first-order valence-electron chi connectivity index (χ1n) is 9.05. The van der Waals surface area contributed by atoms with Gasteiger partial charge in [-0.2, -0.15) is 0 Å². The summed E-state index contributed by atoms with van der Waals surface area (Å²) in [7, 11) is 0. The fraction of sp³-hybridized carbons (Fsp3) is 0.261. The molecule has 0 spiro atoms. The van der Waals surface area contributed by atoms with Crippen molar-refractivity contribution in [3.05, 3.63) is 82.2 Å². The number of ketones is 1. The summed E-state index contributed by atoms with van der Waals surface area (Å²) in [6.07, 6.45) is 4.91. The molecule has 2 aromatic rings. The molecule has 0 aliphatic carbocycles. The third kappa shape index (κ3) is 4.55. The first kappa shape index (κ1) is 18.3. The van der Waals surface area contributed by atoms with Crippen LogP contribution >= 0.6 is 0 Å². The minimum absolute atomic E-state index is 0.0854. The molecular formula is C23H24FNO. The van der Waals surface area contributed by atoms with Crippen molar-refractivity contribution in [1.82, 2.24) is 4.90 Å². The van der Waals surface area contributed by atoms with E-state index in [0.717, 1.165) is 35.2 Å². The molecule has 0 saturated carbocycles. The van der Waals surface area contributed by atoms with Crippen molar-refractivity contribution in [3.8, 4) is 0 Å². The third-order valence-corrected chi connectivity index (χ3v) is 4.54. The number of hydrogen-bond donors (Lipinski definition) is 0. The molecule has 1 saturated heterocycles. The van der Waals surface area contributed by atoms with Gasteiger partial charge in [-0.15, -0.1) is 0 Å². The average Bonchev–Trinajstić information content (AvgIpc) is 2.63. The van der Waals surface area contributed by atoms with Crippen molar-refractivity contribution in [2.24, 2.45) is 0 Å². The molecule has 0 amide bonds. The Balaban J connectivity index is 1.93. The molecule has 1 aliphatic heterocycles. The van der Waals surface area contributed by atoms with Crippen LogP contribution in [0.5, 0.6) is 0 Å². The average molecular weight is 349 g/mol. The van der Waals surface area contributed by atoms with E-state index in [0.29, 0.717) is 13.1 Å². The van der Waals surface area contributed by atoms with Gasteiger partial charge in [-0.25, -0.2) is 4.39 Å². The Bertz CT molecular complexity index is 764. The number of halogens is 1. The Morgan fingerprint density at radius 1 is 0.923 bits per heavy atom. The first-order chi connectivity index (χ1) is 12.5. The fourth-order valence-electron chi connectivity index (χ4n) is 3.21. The Kier molecular flexibility index (Phi) is 5.79. The number of benzene rings is 2. The molecular weight excluding hydrogens is 325 g/mol. The van der Waals surface area contributed by atoms with Crippen molar-refractivity contribution >= 4 is 17.9 Å². The molecule has 0 bridgehead atoms. The molecule has 0 unspecified atom stereocenters. The molecule has 0 radical (unpaired) electrons. The van der Waals surface area contributed by atoms with Gasteiger partial charge >= 0.3 is 0 Å². The minimum Gasteiger partial charge on any atom is -0.295 e. The predicted molar refractivity (Wildman–Crippen MR) is 105 cm³/mol. The SMILES string of the molecule is CCCN1C/C(=C\c2ccc(C)cc2)C(=O)/C(=C/c2ccc(F)cc2)C1. The minimum atomic E-state index is -0.269. The summed E-state index contributed by atoms with van der Waals surface area (Å²) >= 11 is 0. The van der Waals surface area contributed by atoms with E-state index in [1.54, 1.807) is 12.1 Å². The summed E-state index contributed by atoms with van der Waals surface area (Å²) < 4.78 is 13.1. The van der Waals surface area contributed by atoms with Gasteiger partial charge in [0.25, 0.3) is 0 Å². The highest BCUT2D eigenvalue weighted by molar-refractivity contribution is 6.14. The Morgan fingerprint density at radius 2 is 1.42 bits per heavy atom. The molecule has 1 aliphatic rings. The molecule has 2 aromatic carbocycles. The fourth-order valence-corrected chi connectivity index (χ4v) is 3.21.